The minimum absolute atomic E-state index is 0.259. The molecule has 0 aliphatic carbocycles. The van der Waals surface area contributed by atoms with Crippen molar-refractivity contribution in [1.29, 1.82) is 0 Å². The zero-order chi connectivity index (χ0) is 10.8. The van der Waals surface area contributed by atoms with Crippen molar-refractivity contribution in [3.8, 4) is 0 Å². The van der Waals surface area contributed by atoms with Crippen LogP contribution < -0.4 is 0 Å². The smallest absolute Gasteiger partial charge is 0.132 e. The van der Waals surface area contributed by atoms with E-state index in [0.29, 0.717) is 23.7 Å². The van der Waals surface area contributed by atoms with Crippen LogP contribution >= 0.6 is 0 Å². The number of nitrogens with zero attached hydrogens (tertiary/aromatic N) is 3. The highest BCUT2D eigenvalue weighted by molar-refractivity contribution is 6.02. The molecule has 1 aliphatic rings. The molecular weight excluding hydrogens is 193 g/mol. The lowest BCUT2D eigenvalue weighted by Gasteiger charge is -2.08. The number of hydrogen-bond donors (Lipinski definition) is 0. The zero-order valence-electron chi connectivity index (χ0n) is 8.74. The largest absolute Gasteiger partial charge is 0.206 e. The minimum atomic E-state index is -0.259. The van der Waals surface area contributed by atoms with Crippen molar-refractivity contribution in [3.05, 3.63) is 35.1 Å². The average Bonchev–Trinajstić information content (AvgIpc) is 2.71. The molecule has 0 saturated carbocycles. The van der Waals surface area contributed by atoms with E-state index in [0.717, 1.165) is 5.56 Å². The lowest BCUT2D eigenvalue weighted by Crippen LogP contribution is -2.06. The fraction of sp³-hybridized carbons (Fsp3) is 0.364. The topological polar surface area (TPSA) is 37.1 Å². The highest BCUT2D eigenvalue weighted by Crippen LogP contribution is 2.20. The normalized spacial score (nSPS) is 14.8. The summed E-state index contributed by atoms with van der Waals surface area (Å²) in [5, 5.41) is 11.0. The van der Waals surface area contributed by atoms with E-state index in [1.54, 1.807) is 6.07 Å². The summed E-state index contributed by atoms with van der Waals surface area (Å²) >= 11 is 0. The molecule has 1 aliphatic heterocycles. The first-order valence-corrected chi connectivity index (χ1v) is 4.91. The summed E-state index contributed by atoms with van der Waals surface area (Å²) in [4.78, 5) is 0. The molecule has 0 unspecified atom stereocenters. The Morgan fingerprint density at radius 3 is 2.73 bits per heavy atom. The third-order valence-electron chi connectivity index (χ3n) is 2.42. The van der Waals surface area contributed by atoms with Crippen LogP contribution in [0.1, 0.15) is 30.9 Å². The highest BCUT2D eigenvalue weighted by Gasteiger charge is 2.14. The van der Waals surface area contributed by atoms with Crippen molar-refractivity contribution in [2.45, 2.75) is 19.8 Å². The van der Waals surface area contributed by atoms with Crippen LogP contribution in [-0.4, -0.2) is 12.3 Å². The fourth-order valence-corrected chi connectivity index (χ4v) is 1.48. The van der Waals surface area contributed by atoms with Crippen LogP contribution in [0.4, 0.5) is 4.39 Å². The molecule has 78 valence electrons. The van der Waals surface area contributed by atoms with Crippen LogP contribution in [0.15, 0.2) is 33.6 Å². The SMILES string of the molecule is CC(C)c1ccc(F)c(C2=NN=NC2)c1. The third kappa shape index (κ3) is 1.93. The first-order chi connectivity index (χ1) is 7.18. The molecule has 4 heteroatoms. The molecular formula is C11H12FN3. The molecule has 3 nitrogen and oxygen atoms in total. The van der Waals surface area contributed by atoms with Gasteiger partial charge in [0, 0.05) is 5.56 Å². The number of halogens is 1. The van der Waals surface area contributed by atoms with Crippen molar-refractivity contribution in [2.75, 3.05) is 6.54 Å². The monoisotopic (exact) mass is 205 g/mol. The Balaban J connectivity index is 2.41. The van der Waals surface area contributed by atoms with Crippen molar-refractivity contribution in [3.63, 3.8) is 0 Å². The average molecular weight is 205 g/mol. The molecule has 0 aromatic heterocycles. The van der Waals surface area contributed by atoms with Crippen LogP contribution in [0.25, 0.3) is 0 Å². The van der Waals surface area contributed by atoms with Crippen molar-refractivity contribution >= 4 is 5.71 Å². The second kappa shape index (κ2) is 3.88. The third-order valence-corrected chi connectivity index (χ3v) is 2.42. The van der Waals surface area contributed by atoms with Gasteiger partial charge in [-0.2, -0.15) is 5.11 Å². The maximum atomic E-state index is 13.5. The van der Waals surface area contributed by atoms with E-state index in [4.69, 9.17) is 0 Å². The molecule has 15 heavy (non-hydrogen) atoms. The van der Waals surface area contributed by atoms with E-state index in [2.05, 4.69) is 29.3 Å². The Morgan fingerprint density at radius 1 is 1.33 bits per heavy atom. The summed E-state index contributed by atoms with van der Waals surface area (Å²) in [6, 6.07) is 5.11. The summed E-state index contributed by atoms with van der Waals surface area (Å²) < 4.78 is 13.5. The second-order valence-corrected chi connectivity index (χ2v) is 3.83. The van der Waals surface area contributed by atoms with Gasteiger partial charge in [0.1, 0.15) is 12.4 Å². The van der Waals surface area contributed by atoms with Crippen LogP contribution in [0.5, 0.6) is 0 Å². The Labute approximate surface area is 87.7 Å². The van der Waals surface area contributed by atoms with E-state index < -0.39 is 0 Å². The molecule has 0 bridgehead atoms. The number of hydrogen-bond acceptors (Lipinski definition) is 3. The number of rotatable bonds is 2. The molecule has 0 saturated heterocycles. The lowest BCUT2D eigenvalue weighted by molar-refractivity contribution is 0.623. The van der Waals surface area contributed by atoms with Crippen LogP contribution in [-0.2, 0) is 0 Å². The summed E-state index contributed by atoms with van der Waals surface area (Å²) in [6.07, 6.45) is 0. The van der Waals surface area contributed by atoms with Gasteiger partial charge in [0.15, 0.2) is 0 Å². The first kappa shape index (κ1) is 9.96. The van der Waals surface area contributed by atoms with Crippen molar-refractivity contribution < 1.29 is 4.39 Å². The maximum absolute atomic E-state index is 13.5. The van der Waals surface area contributed by atoms with E-state index >= 15 is 0 Å². The van der Waals surface area contributed by atoms with Gasteiger partial charge in [-0.1, -0.05) is 19.9 Å². The molecule has 0 amide bonds. The number of benzene rings is 1. The zero-order valence-corrected chi connectivity index (χ0v) is 8.74. The molecule has 0 N–H and O–H groups in total. The quantitative estimate of drug-likeness (QED) is 0.711. The molecule has 1 heterocycles. The van der Waals surface area contributed by atoms with Gasteiger partial charge >= 0.3 is 0 Å². The molecule has 0 fully saturated rings. The lowest BCUT2D eigenvalue weighted by atomic mass is 9.98. The predicted molar refractivity (Wildman–Crippen MR) is 56.7 cm³/mol. The summed E-state index contributed by atoms with van der Waals surface area (Å²) in [6.45, 7) is 4.52. The summed E-state index contributed by atoms with van der Waals surface area (Å²) in [5.74, 6) is 0.116. The van der Waals surface area contributed by atoms with Gasteiger partial charge in [0.05, 0.1) is 5.71 Å². The highest BCUT2D eigenvalue weighted by atomic mass is 19.1. The van der Waals surface area contributed by atoms with Crippen LogP contribution in [0.3, 0.4) is 0 Å². The summed E-state index contributed by atoms with van der Waals surface area (Å²) in [7, 11) is 0. The summed E-state index contributed by atoms with van der Waals surface area (Å²) in [5.41, 5.74) is 2.22. The van der Waals surface area contributed by atoms with Gasteiger partial charge in [0.2, 0.25) is 0 Å². The molecule has 1 aromatic carbocycles. The predicted octanol–water partition coefficient (Wildman–Crippen LogP) is 3.12. The van der Waals surface area contributed by atoms with Crippen LogP contribution in [0.2, 0.25) is 0 Å². The Hall–Kier alpha value is -1.58. The Bertz CT molecular complexity index is 435. The van der Waals surface area contributed by atoms with Gasteiger partial charge in [-0.05, 0) is 28.8 Å². The van der Waals surface area contributed by atoms with E-state index in [-0.39, 0.29) is 5.82 Å². The molecule has 2 rings (SSSR count). The van der Waals surface area contributed by atoms with Crippen molar-refractivity contribution in [1.82, 2.24) is 0 Å². The minimum Gasteiger partial charge on any atom is -0.206 e. The van der Waals surface area contributed by atoms with Gasteiger partial charge in [-0.3, -0.25) is 0 Å². The van der Waals surface area contributed by atoms with Crippen molar-refractivity contribution in [2.24, 2.45) is 15.4 Å². The van der Waals surface area contributed by atoms with E-state index in [1.165, 1.54) is 6.07 Å². The Morgan fingerprint density at radius 2 is 2.13 bits per heavy atom. The molecule has 1 aromatic rings. The molecule has 0 radical (unpaired) electrons. The standard InChI is InChI=1S/C11H12FN3/c1-7(2)8-3-4-10(12)9(5-8)11-6-13-15-14-11/h3-5,7H,6H2,1-2H3. The molecule has 0 spiro atoms. The maximum Gasteiger partial charge on any atom is 0.132 e. The van der Waals surface area contributed by atoms with E-state index in [9.17, 15) is 4.39 Å². The Kier molecular flexibility index (Phi) is 2.58. The van der Waals surface area contributed by atoms with Gasteiger partial charge in [-0.25, -0.2) is 4.39 Å². The van der Waals surface area contributed by atoms with Gasteiger partial charge in [-0.15, -0.1) is 5.10 Å². The fourth-order valence-electron chi connectivity index (χ4n) is 1.48. The van der Waals surface area contributed by atoms with Crippen LogP contribution in [0, 0.1) is 5.82 Å². The van der Waals surface area contributed by atoms with Gasteiger partial charge < -0.3 is 0 Å². The van der Waals surface area contributed by atoms with Gasteiger partial charge in [0.25, 0.3) is 0 Å². The first-order valence-electron chi connectivity index (χ1n) is 4.91. The van der Waals surface area contributed by atoms with E-state index in [1.807, 2.05) is 6.07 Å². The second-order valence-electron chi connectivity index (χ2n) is 3.83. The molecule has 0 atom stereocenters.